The summed E-state index contributed by atoms with van der Waals surface area (Å²) >= 11 is 2.58. The molecular weight excluding hydrogens is 323 g/mol. The van der Waals surface area contributed by atoms with Crippen molar-refractivity contribution in [2.45, 2.75) is 18.6 Å². The maximum absolute atomic E-state index is 13.0. The molecule has 22 heavy (non-hydrogen) atoms. The molecule has 2 aromatic rings. The molecule has 1 aliphatic heterocycles. The van der Waals surface area contributed by atoms with Gasteiger partial charge in [-0.05, 0) is 24.3 Å². The van der Waals surface area contributed by atoms with Crippen LogP contribution < -0.4 is 4.90 Å². The molecule has 1 atom stereocenters. The summed E-state index contributed by atoms with van der Waals surface area (Å²) in [5.41, 5.74) is 1.53. The van der Waals surface area contributed by atoms with Gasteiger partial charge in [-0.15, -0.1) is 11.3 Å². The van der Waals surface area contributed by atoms with E-state index in [2.05, 4.69) is 4.98 Å². The van der Waals surface area contributed by atoms with Crippen LogP contribution in [-0.2, 0) is 9.59 Å². The van der Waals surface area contributed by atoms with E-state index >= 15 is 0 Å². The van der Waals surface area contributed by atoms with Crippen LogP contribution in [0, 0.1) is 5.82 Å². The third kappa shape index (κ3) is 3.20. The van der Waals surface area contributed by atoms with Crippen molar-refractivity contribution in [2.24, 2.45) is 0 Å². The van der Waals surface area contributed by atoms with Crippen LogP contribution in [0.15, 0.2) is 29.6 Å². The molecule has 114 valence electrons. The molecule has 1 fully saturated rings. The number of anilines is 1. The lowest BCUT2D eigenvalue weighted by molar-refractivity contribution is -0.117. The molecule has 0 spiro atoms. The lowest BCUT2D eigenvalue weighted by atomic mass is 10.2. The van der Waals surface area contributed by atoms with E-state index in [-0.39, 0.29) is 22.1 Å². The van der Waals surface area contributed by atoms with Crippen LogP contribution in [0.3, 0.4) is 0 Å². The average Bonchev–Trinajstić information content (AvgIpc) is 3.06. The summed E-state index contributed by atoms with van der Waals surface area (Å²) in [6.45, 7) is 2.01. The van der Waals surface area contributed by atoms with Crippen LogP contribution in [0.2, 0.25) is 0 Å². The zero-order chi connectivity index (χ0) is 15.7. The Morgan fingerprint density at radius 2 is 2.14 bits per heavy atom. The monoisotopic (exact) mass is 336 g/mol. The number of aromatic nitrogens is 1. The van der Waals surface area contributed by atoms with Gasteiger partial charge in [0, 0.05) is 36.1 Å². The highest BCUT2D eigenvalue weighted by Gasteiger charge is 2.33. The predicted molar refractivity (Wildman–Crippen MR) is 86.5 cm³/mol. The van der Waals surface area contributed by atoms with Gasteiger partial charge in [-0.25, -0.2) is 9.37 Å². The molecule has 2 heterocycles. The topological polar surface area (TPSA) is 50.3 Å². The highest BCUT2D eigenvalue weighted by atomic mass is 32.2. The number of nitrogens with zero attached hydrogens (tertiary/aromatic N) is 2. The zero-order valence-corrected chi connectivity index (χ0v) is 13.4. The van der Waals surface area contributed by atoms with Crippen molar-refractivity contribution in [1.29, 1.82) is 0 Å². The smallest absolute Gasteiger partial charge is 0.230 e. The Morgan fingerprint density at radius 1 is 1.41 bits per heavy atom. The van der Waals surface area contributed by atoms with Gasteiger partial charge in [0.2, 0.25) is 5.91 Å². The van der Waals surface area contributed by atoms with Crippen LogP contribution in [-0.4, -0.2) is 27.8 Å². The van der Waals surface area contributed by atoms with Gasteiger partial charge < -0.3 is 0 Å². The number of thioether (sulfide) groups is 1. The standard InChI is InChI=1S/C15H13FN2O2S2/c1-9(19)22-12-6-14(20)18(7-12)15-17-13(8-21-15)10-2-4-11(16)5-3-10/h2-5,8,12H,6-7H2,1H3. The van der Waals surface area contributed by atoms with Crippen LogP contribution in [0.25, 0.3) is 11.3 Å². The fourth-order valence-electron chi connectivity index (χ4n) is 2.31. The number of hydrogen-bond donors (Lipinski definition) is 0. The van der Waals surface area contributed by atoms with E-state index in [4.69, 9.17) is 0 Å². The van der Waals surface area contributed by atoms with Crippen LogP contribution >= 0.6 is 23.1 Å². The zero-order valence-electron chi connectivity index (χ0n) is 11.8. The third-order valence-corrected chi connectivity index (χ3v) is 5.13. The minimum absolute atomic E-state index is 0.0110. The Morgan fingerprint density at radius 3 is 2.82 bits per heavy atom. The van der Waals surface area contributed by atoms with Gasteiger partial charge in [0.15, 0.2) is 10.2 Å². The van der Waals surface area contributed by atoms with Gasteiger partial charge in [0.1, 0.15) is 5.82 Å². The molecule has 0 radical (unpaired) electrons. The molecule has 1 unspecified atom stereocenters. The molecule has 1 saturated heterocycles. The maximum atomic E-state index is 13.0. The number of rotatable bonds is 3. The molecule has 1 aromatic carbocycles. The van der Waals surface area contributed by atoms with E-state index < -0.39 is 0 Å². The lowest BCUT2D eigenvalue weighted by Gasteiger charge is -2.12. The predicted octanol–water partition coefficient (Wildman–Crippen LogP) is 3.33. The summed E-state index contributed by atoms with van der Waals surface area (Å²) in [6.07, 6.45) is 0.357. The van der Waals surface area contributed by atoms with Gasteiger partial charge in [-0.3, -0.25) is 14.5 Å². The van der Waals surface area contributed by atoms with Crippen molar-refractivity contribution in [3.05, 3.63) is 35.5 Å². The van der Waals surface area contributed by atoms with Gasteiger partial charge in [-0.2, -0.15) is 0 Å². The number of carbonyl (C=O) groups excluding carboxylic acids is 2. The minimum atomic E-state index is -0.293. The second kappa shape index (κ2) is 6.18. The van der Waals surface area contributed by atoms with E-state index in [1.165, 1.54) is 42.2 Å². The summed E-state index contributed by atoms with van der Waals surface area (Å²) in [5.74, 6) is -0.309. The molecule has 0 N–H and O–H groups in total. The van der Waals surface area contributed by atoms with Crippen molar-refractivity contribution < 1.29 is 14.0 Å². The summed E-state index contributed by atoms with van der Waals surface area (Å²) in [6, 6.07) is 6.09. The lowest BCUT2D eigenvalue weighted by Crippen LogP contribution is -2.24. The minimum Gasteiger partial charge on any atom is -0.288 e. The first-order chi connectivity index (χ1) is 10.5. The SMILES string of the molecule is CC(=O)SC1CC(=O)N(c2nc(-c3ccc(F)cc3)cs2)C1. The number of hydrogen-bond acceptors (Lipinski definition) is 5. The summed E-state index contributed by atoms with van der Waals surface area (Å²) in [4.78, 5) is 29.3. The number of amides is 1. The van der Waals surface area contributed by atoms with Gasteiger partial charge in [0.25, 0.3) is 0 Å². The van der Waals surface area contributed by atoms with Crippen molar-refractivity contribution in [3.63, 3.8) is 0 Å². The first-order valence-electron chi connectivity index (χ1n) is 6.72. The fraction of sp³-hybridized carbons (Fsp3) is 0.267. The average molecular weight is 336 g/mol. The Balaban J connectivity index is 1.77. The largest absolute Gasteiger partial charge is 0.288 e. The Hall–Kier alpha value is -1.73. The van der Waals surface area contributed by atoms with E-state index in [9.17, 15) is 14.0 Å². The maximum Gasteiger partial charge on any atom is 0.230 e. The molecule has 1 aromatic heterocycles. The van der Waals surface area contributed by atoms with Gasteiger partial charge in [-0.1, -0.05) is 11.8 Å². The quantitative estimate of drug-likeness (QED) is 0.863. The van der Waals surface area contributed by atoms with E-state index in [0.29, 0.717) is 18.1 Å². The second-order valence-electron chi connectivity index (χ2n) is 4.96. The van der Waals surface area contributed by atoms with Gasteiger partial charge >= 0.3 is 0 Å². The van der Waals surface area contributed by atoms with E-state index in [1.807, 2.05) is 5.38 Å². The van der Waals surface area contributed by atoms with Crippen LogP contribution in [0.4, 0.5) is 9.52 Å². The van der Waals surface area contributed by atoms with Crippen molar-refractivity contribution in [1.82, 2.24) is 4.98 Å². The number of halogens is 1. The first-order valence-corrected chi connectivity index (χ1v) is 8.48. The highest BCUT2D eigenvalue weighted by Crippen LogP contribution is 2.33. The molecule has 3 rings (SSSR count). The normalized spacial score (nSPS) is 18.0. The van der Waals surface area contributed by atoms with Crippen LogP contribution in [0.1, 0.15) is 13.3 Å². The molecule has 1 amide bonds. The highest BCUT2D eigenvalue weighted by molar-refractivity contribution is 8.14. The number of carbonyl (C=O) groups is 2. The second-order valence-corrected chi connectivity index (χ2v) is 7.28. The molecule has 7 heteroatoms. The Kier molecular flexibility index (Phi) is 4.26. The molecule has 1 aliphatic rings. The van der Waals surface area contributed by atoms with E-state index in [1.54, 1.807) is 17.0 Å². The molecule has 0 aliphatic carbocycles. The summed E-state index contributed by atoms with van der Waals surface area (Å²) in [5, 5.41) is 2.48. The summed E-state index contributed by atoms with van der Waals surface area (Å²) in [7, 11) is 0. The number of thiazole rings is 1. The molecule has 0 bridgehead atoms. The van der Waals surface area contributed by atoms with Crippen molar-refractivity contribution >= 4 is 39.3 Å². The Bertz CT molecular complexity index is 715. The van der Waals surface area contributed by atoms with Gasteiger partial charge in [0.05, 0.1) is 5.69 Å². The van der Waals surface area contributed by atoms with Crippen molar-refractivity contribution in [3.8, 4) is 11.3 Å². The Labute approximate surface area is 135 Å². The van der Waals surface area contributed by atoms with Crippen LogP contribution in [0.5, 0.6) is 0 Å². The molecule has 0 saturated carbocycles. The number of benzene rings is 1. The third-order valence-electron chi connectivity index (χ3n) is 3.29. The summed E-state index contributed by atoms with van der Waals surface area (Å²) < 4.78 is 13.0. The van der Waals surface area contributed by atoms with Crippen molar-refractivity contribution in [2.75, 3.05) is 11.4 Å². The molecule has 4 nitrogen and oxygen atoms in total. The fourth-order valence-corrected chi connectivity index (χ4v) is 4.09. The van der Waals surface area contributed by atoms with E-state index in [0.717, 1.165) is 11.3 Å². The first kappa shape index (κ1) is 15.2. The molecular formula is C15H13FN2O2S2.